The van der Waals surface area contributed by atoms with Crippen LogP contribution in [-0.2, 0) is 14.8 Å². The maximum atomic E-state index is 12.6. The second-order valence-electron chi connectivity index (χ2n) is 6.64. The number of rotatable bonds is 7. The number of carbonyl (C=O) groups excluding carboxylic acids is 2. The fourth-order valence-corrected chi connectivity index (χ4v) is 3.90. The Hall–Kier alpha value is -2.91. The number of nitrogens with zero attached hydrogens (tertiary/aromatic N) is 1. The number of carbonyl (C=O) groups is 2. The summed E-state index contributed by atoms with van der Waals surface area (Å²) in [5, 5.41) is 2.67. The molecule has 1 heterocycles. The van der Waals surface area contributed by atoms with E-state index < -0.39 is 15.9 Å². The fraction of sp³-hybridized carbons (Fsp3) is 0.300. The lowest BCUT2D eigenvalue weighted by atomic mass is 10.2. The number of benzene rings is 2. The number of hydrogen-bond acceptors (Lipinski definition) is 6. The highest BCUT2D eigenvalue weighted by Gasteiger charge is 2.25. The standard InChI is InChI=1S/C20H22N2O6S/c1-14(23)15-7-9-17(10-8-15)29(25,26)22(2)12-20(24)21-11-16-13-27-18-5-3-4-6-19(18)28-16/h3-10,16H,11-13H2,1-2H3,(H,21,24). The smallest absolute Gasteiger partial charge is 0.243 e. The Morgan fingerprint density at radius 1 is 1.10 bits per heavy atom. The van der Waals surface area contributed by atoms with Gasteiger partial charge >= 0.3 is 0 Å². The van der Waals surface area contributed by atoms with Crippen LogP contribution < -0.4 is 14.8 Å². The number of para-hydroxylation sites is 2. The van der Waals surface area contributed by atoms with Crippen molar-refractivity contribution in [1.29, 1.82) is 0 Å². The van der Waals surface area contributed by atoms with Crippen LogP contribution in [0.25, 0.3) is 0 Å². The summed E-state index contributed by atoms with van der Waals surface area (Å²) in [4.78, 5) is 23.5. The Morgan fingerprint density at radius 3 is 2.41 bits per heavy atom. The number of sulfonamides is 1. The van der Waals surface area contributed by atoms with Gasteiger partial charge in [0.2, 0.25) is 15.9 Å². The molecule has 1 N–H and O–H groups in total. The van der Waals surface area contributed by atoms with Gasteiger partial charge in [-0.05, 0) is 31.2 Å². The van der Waals surface area contributed by atoms with E-state index in [1.54, 1.807) is 12.1 Å². The minimum Gasteiger partial charge on any atom is -0.486 e. The first-order chi connectivity index (χ1) is 13.8. The van der Waals surface area contributed by atoms with Gasteiger partial charge in [0.15, 0.2) is 17.3 Å². The van der Waals surface area contributed by atoms with Crippen molar-refractivity contribution in [3.8, 4) is 11.5 Å². The van der Waals surface area contributed by atoms with Crippen LogP contribution >= 0.6 is 0 Å². The van der Waals surface area contributed by atoms with E-state index in [0.717, 1.165) is 4.31 Å². The molecule has 2 aromatic carbocycles. The Balaban J connectivity index is 1.54. The summed E-state index contributed by atoms with van der Waals surface area (Å²) in [6.45, 7) is 1.53. The van der Waals surface area contributed by atoms with Gasteiger partial charge in [-0.15, -0.1) is 0 Å². The molecule has 8 nitrogen and oxygen atoms in total. The molecule has 0 fully saturated rings. The molecule has 1 unspecified atom stereocenters. The summed E-state index contributed by atoms with van der Waals surface area (Å²) >= 11 is 0. The summed E-state index contributed by atoms with van der Waals surface area (Å²) in [6.07, 6.45) is -0.366. The molecule has 29 heavy (non-hydrogen) atoms. The predicted octanol–water partition coefficient (Wildman–Crippen LogP) is 1.47. The average Bonchev–Trinajstić information content (AvgIpc) is 2.72. The van der Waals surface area contributed by atoms with Crippen molar-refractivity contribution in [3.63, 3.8) is 0 Å². The van der Waals surface area contributed by atoms with Crippen LogP contribution in [0.15, 0.2) is 53.4 Å². The lowest BCUT2D eigenvalue weighted by Crippen LogP contribution is -2.44. The molecule has 0 spiro atoms. The van der Waals surface area contributed by atoms with E-state index in [0.29, 0.717) is 17.1 Å². The van der Waals surface area contributed by atoms with Crippen LogP contribution in [0, 0.1) is 0 Å². The van der Waals surface area contributed by atoms with Crippen molar-refractivity contribution in [1.82, 2.24) is 9.62 Å². The first-order valence-electron chi connectivity index (χ1n) is 9.00. The molecule has 1 amide bonds. The van der Waals surface area contributed by atoms with E-state index >= 15 is 0 Å². The van der Waals surface area contributed by atoms with E-state index in [9.17, 15) is 18.0 Å². The van der Waals surface area contributed by atoms with Gasteiger partial charge in [0, 0.05) is 12.6 Å². The predicted molar refractivity (Wildman–Crippen MR) is 106 cm³/mol. The van der Waals surface area contributed by atoms with Crippen molar-refractivity contribution in [2.75, 3.05) is 26.7 Å². The molecule has 1 aliphatic heterocycles. The number of Topliss-reactive ketones (excluding diaryl/α,β-unsaturated/α-hetero) is 1. The largest absolute Gasteiger partial charge is 0.486 e. The van der Waals surface area contributed by atoms with E-state index in [4.69, 9.17) is 9.47 Å². The number of nitrogens with one attached hydrogen (secondary N) is 1. The molecule has 154 valence electrons. The number of hydrogen-bond donors (Lipinski definition) is 1. The van der Waals surface area contributed by atoms with Crippen LogP contribution in [0.3, 0.4) is 0 Å². The van der Waals surface area contributed by atoms with Crippen LogP contribution in [-0.4, -0.2) is 57.3 Å². The number of fused-ring (bicyclic) bond motifs is 1. The van der Waals surface area contributed by atoms with Gasteiger partial charge in [0.25, 0.3) is 0 Å². The number of likely N-dealkylation sites (N-methyl/N-ethyl adjacent to an activating group) is 1. The highest BCUT2D eigenvalue weighted by molar-refractivity contribution is 7.89. The second kappa shape index (κ2) is 8.62. The molecule has 9 heteroatoms. The summed E-state index contributed by atoms with van der Waals surface area (Å²) in [7, 11) is -2.53. The molecule has 1 aliphatic rings. The zero-order valence-corrected chi connectivity index (χ0v) is 16.9. The minimum absolute atomic E-state index is 0.0124. The normalized spacial score (nSPS) is 15.8. The first-order valence-corrected chi connectivity index (χ1v) is 10.4. The monoisotopic (exact) mass is 418 g/mol. The van der Waals surface area contributed by atoms with Crippen molar-refractivity contribution in [2.45, 2.75) is 17.9 Å². The van der Waals surface area contributed by atoms with Crippen molar-refractivity contribution >= 4 is 21.7 Å². The van der Waals surface area contributed by atoms with Gasteiger partial charge in [-0.1, -0.05) is 24.3 Å². The van der Waals surface area contributed by atoms with Gasteiger partial charge in [0.05, 0.1) is 18.0 Å². The van der Waals surface area contributed by atoms with Gasteiger partial charge in [-0.2, -0.15) is 4.31 Å². The Kier molecular flexibility index (Phi) is 6.19. The first kappa shape index (κ1) is 20.8. The summed E-state index contributed by atoms with van der Waals surface area (Å²) < 4.78 is 37.5. The van der Waals surface area contributed by atoms with Gasteiger partial charge in [-0.25, -0.2) is 8.42 Å². The van der Waals surface area contributed by atoms with Crippen LogP contribution in [0.4, 0.5) is 0 Å². The van der Waals surface area contributed by atoms with Crippen LogP contribution in [0.5, 0.6) is 11.5 Å². The summed E-state index contributed by atoms with van der Waals surface area (Å²) in [5.74, 6) is 0.639. The van der Waals surface area contributed by atoms with Gasteiger partial charge in [0.1, 0.15) is 12.7 Å². The summed E-state index contributed by atoms with van der Waals surface area (Å²) in [5.41, 5.74) is 0.417. The van der Waals surface area contributed by atoms with Gasteiger partial charge in [-0.3, -0.25) is 9.59 Å². The number of ketones is 1. The Bertz CT molecular complexity index is 1000. The number of ether oxygens (including phenoxy) is 2. The SMILES string of the molecule is CC(=O)c1ccc(S(=O)(=O)N(C)CC(=O)NCC2COc3ccccc3O2)cc1. The molecule has 0 saturated carbocycles. The van der Waals surface area contributed by atoms with Crippen molar-refractivity contribution < 1.29 is 27.5 Å². The van der Waals surface area contributed by atoms with E-state index in [-0.39, 0.29) is 36.5 Å². The zero-order valence-electron chi connectivity index (χ0n) is 16.1. The second-order valence-corrected chi connectivity index (χ2v) is 8.69. The molecular formula is C20H22N2O6S. The van der Waals surface area contributed by atoms with E-state index in [1.807, 2.05) is 12.1 Å². The Morgan fingerprint density at radius 2 is 1.76 bits per heavy atom. The molecule has 0 bridgehead atoms. The third-order valence-electron chi connectivity index (χ3n) is 4.43. The van der Waals surface area contributed by atoms with Crippen LogP contribution in [0.1, 0.15) is 17.3 Å². The molecule has 0 aromatic heterocycles. The number of amides is 1. The lowest BCUT2D eigenvalue weighted by molar-refractivity contribution is -0.121. The zero-order chi connectivity index (χ0) is 21.0. The third kappa shape index (κ3) is 4.93. The Labute approximate surface area is 169 Å². The minimum atomic E-state index is -3.85. The van der Waals surface area contributed by atoms with Gasteiger partial charge < -0.3 is 14.8 Å². The maximum absolute atomic E-state index is 12.6. The van der Waals surface area contributed by atoms with Crippen LogP contribution in [0.2, 0.25) is 0 Å². The lowest BCUT2D eigenvalue weighted by Gasteiger charge is -2.26. The third-order valence-corrected chi connectivity index (χ3v) is 6.25. The maximum Gasteiger partial charge on any atom is 0.243 e. The van der Waals surface area contributed by atoms with E-state index in [2.05, 4.69) is 5.32 Å². The molecule has 0 radical (unpaired) electrons. The highest BCUT2D eigenvalue weighted by Crippen LogP contribution is 2.30. The molecule has 0 saturated heterocycles. The molecular weight excluding hydrogens is 396 g/mol. The van der Waals surface area contributed by atoms with Crippen molar-refractivity contribution in [3.05, 3.63) is 54.1 Å². The topological polar surface area (TPSA) is 102 Å². The highest BCUT2D eigenvalue weighted by atomic mass is 32.2. The fourth-order valence-electron chi connectivity index (χ4n) is 2.78. The van der Waals surface area contributed by atoms with Crippen molar-refractivity contribution in [2.24, 2.45) is 0 Å². The molecule has 1 atom stereocenters. The van der Waals surface area contributed by atoms with E-state index in [1.165, 1.54) is 38.2 Å². The molecule has 2 aromatic rings. The molecule has 0 aliphatic carbocycles. The summed E-state index contributed by atoms with van der Waals surface area (Å²) in [6, 6.07) is 12.8. The average molecular weight is 418 g/mol. The molecule has 3 rings (SSSR count). The quantitative estimate of drug-likeness (QED) is 0.683.